The summed E-state index contributed by atoms with van der Waals surface area (Å²) in [4.78, 5) is 35.7. The van der Waals surface area contributed by atoms with Crippen LogP contribution in [0, 0.1) is 13.8 Å². The van der Waals surface area contributed by atoms with E-state index in [0.717, 1.165) is 31.5 Å². The maximum Gasteiger partial charge on any atom is 0.295 e. The summed E-state index contributed by atoms with van der Waals surface area (Å²) >= 11 is 0. The number of morpholine rings is 1. The molecule has 1 aromatic carbocycles. The molecule has 10 heteroatoms. The second-order valence-electron chi connectivity index (χ2n) is 10.7. The summed E-state index contributed by atoms with van der Waals surface area (Å²) in [6.45, 7) is 12.4. The quantitative estimate of drug-likeness (QED) is 0.156. The number of hydrogen-bond donors (Lipinski definition) is 1. The number of aryl methyl sites for hydroxylation is 2. The van der Waals surface area contributed by atoms with E-state index in [0.29, 0.717) is 67.9 Å². The van der Waals surface area contributed by atoms with Crippen LogP contribution in [0.25, 0.3) is 11.4 Å². The van der Waals surface area contributed by atoms with E-state index in [1.807, 2.05) is 61.7 Å². The molecule has 2 aliphatic rings. The highest BCUT2D eigenvalue weighted by Gasteiger charge is 2.46. The van der Waals surface area contributed by atoms with Crippen molar-refractivity contribution >= 4 is 23.1 Å². The van der Waals surface area contributed by atoms with Gasteiger partial charge in [-0.25, -0.2) is 4.98 Å². The fourth-order valence-electron chi connectivity index (χ4n) is 5.61. The maximum absolute atomic E-state index is 13.7. The summed E-state index contributed by atoms with van der Waals surface area (Å²) in [6.07, 6.45) is 3.78. The van der Waals surface area contributed by atoms with Gasteiger partial charge in [-0.05, 0) is 56.5 Å². The van der Waals surface area contributed by atoms with Crippen LogP contribution < -0.4 is 9.47 Å². The molecule has 0 saturated carbocycles. The molecule has 2 aliphatic heterocycles. The molecule has 5 rings (SSSR count). The largest absolute Gasteiger partial charge is 0.505 e. The van der Waals surface area contributed by atoms with Gasteiger partial charge < -0.3 is 28.6 Å². The van der Waals surface area contributed by atoms with Gasteiger partial charge in [-0.2, -0.15) is 0 Å². The predicted molar refractivity (Wildman–Crippen MR) is 159 cm³/mol. The molecule has 2 aromatic heterocycles. The first-order chi connectivity index (χ1) is 20.3. The van der Waals surface area contributed by atoms with Gasteiger partial charge in [0.15, 0.2) is 17.3 Å². The summed E-state index contributed by atoms with van der Waals surface area (Å²) in [7, 11) is 0. The van der Waals surface area contributed by atoms with Crippen LogP contribution in [0.1, 0.15) is 55.2 Å². The Bertz CT molecular complexity index is 1490. The molecule has 42 heavy (non-hydrogen) atoms. The number of hydrogen-bond acceptors (Lipinski definition) is 8. The number of fused-ring (bicyclic) bond motifs is 1. The molecule has 3 aromatic rings. The molecule has 4 heterocycles. The van der Waals surface area contributed by atoms with Gasteiger partial charge >= 0.3 is 0 Å². The lowest BCUT2D eigenvalue weighted by Crippen LogP contribution is -2.42. The van der Waals surface area contributed by atoms with Crippen molar-refractivity contribution in [2.24, 2.45) is 0 Å². The number of carbonyl (C=O) groups is 2. The second-order valence-corrected chi connectivity index (χ2v) is 10.7. The lowest BCUT2D eigenvalue weighted by atomic mass is 9.96. The number of ether oxygens (including phenoxy) is 3. The predicted octanol–water partition coefficient (Wildman–Crippen LogP) is 4.28. The SMILES string of the molecule is CCCCOc1ccc(C2C(=C(O)c3nc4c(C)cccn4c3C)C(=O)C(=O)N2CCN2CCOCC2)cc1OCC. The fraction of sp³-hybridized carbons (Fsp3) is 0.469. The van der Waals surface area contributed by atoms with Crippen molar-refractivity contribution in [3.8, 4) is 11.5 Å². The van der Waals surface area contributed by atoms with Crippen molar-refractivity contribution in [1.82, 2.24) is 19.2 Å². The number of pyridine rings is 1. The number of likely N-dealkylation sites (tertiary alicyclic amines) is 1. The number of unbranched alkanes of at least 4 members (excludes halogenated alkanes) is 1. The molecule has 0 spiro atoms. The number of aromatic nitrogens is 2. The molecule has 0 aliphatic carbocycles. The van der Waals surface area contributed by atoms with Crippen molar-refractivity contribution in [1.29, 1.82) is 0 Å². The molecule has 2 saturated heterocycles. The number of benzene rings is 1. The standard InChI is InChI=1S/C32H40N4O6/c1-5-7-17-42-24-11-10-23(20-25(24)41-6-2)28-26(29(37)27-22(4)35-12-8-9-21(3)31(35)33-27)30(38)32(39)36(28)14-13-34-15-18-40-19-16-34/h8-12,20,28,37H,5-7,13-19H2,1-4H3. The minimum Gasteiger partial charge on any atom is -0.505 e. The molecule has 224 valence electrons. The highest BCUT2D eigenvalue weighted by molar-refractivity contribution is 6.46. The number of rotatable bonds is 11. The van der Waals surface area contributed by atoms with E-state index in [2.05, 4.69) is 11.8 Å². The Balaban J connectivity index is 1.60. The van der Waals surface area contributed by atoms with E-state index in [-0.39, 0.29) is 17.0 Å². The minimum atomic E-state index is -0.819. The third kappa shape index (κ3) is 5.73. The van der Waals surface area contributed by atoms with Gasteiger partial charge in [0, 0.05) is 32.4 Å². The first-order valence-corrected chi connectivity index (χ1v) is 14.8. The Kier molecular flexibility index (Phi) is 9.13. The number of nitrogens with zero attached hydrogens (tertiary/aromatic N) is 4. The Morgan fingerprint density at radius 3 is 2.57 bits per heavy atom. The van der Waals surface area contributed by atoms with Crippen LogP contribution in [-0.4, -0.2) is 88.6 Å². The van der Waals surface area contributed by atoms with E-state index >= 15 is 0 Å². The van der Waals surface area contributed by atoms with Crippen LogP contribution in [0.2, 0.25) is 0 Å². The third-order valence-corrected chi connectivity index (χ3v) is 7.95. The molecule has 2 fully saturated rings. The van der Waals surface area contributed by atoms with Gasteiger partial charge in [-0.3, -0.25) is 14.5 Å². The van der Waals surface area contributed by atoms with E-state index in [1.165, 1.54) is 0 Å². The van der Waals surface area contributed by atoms with E-state index < -0.39 is 17.7 Å². The van der Waals surface area contributed by atoms with Gasteiger partial charge in [0.05, 0.1) is 43.7 Å². The highest BCUT2D eigenvalue weighted by atomic mass is 16.5. The molecule has 10 nitrogen and oxygen atoms in total. The van der Waals surface area contributed by atoms with Crippen molar-refractivity contribution in [2.45, 2.75) is 46.6 Å². The summed E-state index contributed by atoms with van der Waals surface area (Å²) in [6, 6.07) is 8.51. The van der Waals surface area contributed by atoms with Gasteiger partial charge in [0.1, 0.15) is 11.3 Å². The van der Waals surface area contributed by atoms with E-state index in [4.69, 9.17) is 19.2 Å². The number of amides is 1. The third-order valence-electron chi connectivity index (χ3n) is 7.95. The molecule has 1 N–H and O–H groups in total. The Morgan fingerprint density at radius 2 is 1.86 bits per heavy atom. The van der Waals surface area contributed by atoms with Crippen LogP contribution in [-0.2, 0) is 14.3 Å². The summed E-state index contributed by atoms with van der Waals surface area (Å²) in [5.41, 5.74) is 3.25. The minimum absolute atomic E-state index is 0.0215. The van der Waals surface area contributed by atoms with Crippen LogP contribution in [0.15, 0.2) is 42.1 Å². The van der Waals surface area contributed by atoms with Gasteiger partial charge in [0.25, 0.3) is 11.7 Å². The van der Waals surface area contributed by atoms with Crippen molar-refractivity contribution in [3.05, 3.63) is 64.6 Å². The molecule has 0 bridgehead atoms. The number of ketones is 1. The first-order valence-electron chi connectivity index (χ1n) is 14.8. The zero-order valence-corrected chi connectivity index (χ0v) is 24.9. The second kappa shape index (κ2) is 13.0. The monoisotopic (exact) mass is 576 g/mol. The van der Waals surface area contributed by atoms with Crippen LogP contribution in [0.5, 0.6) is 11.5 Å². The number of aliphatic hydroxyl groups is 1. The van der Waals surface area contributed by atoms with Crippen LogP contribution >= 0.6 is 0 Å². The number of aliphatic hydroxyl groups excluding tert-OH is 1. The van der Waals surface area contributed by atoms with Crippen LogP contribution in [0.3, 0.4) is 0 Å². The van der Waals surface area contributed by atoms with E-state index in [1.54, 1.807) is 4.90 Å². The van der Waals surface area contributed by atoms with Crippen molar-refractivity contribution < 1.29 is 28.9 Å². The summed E-state index contributed by atoms with van der Waals surface area (Å²) in [5.74, 6) is -0.521. The number of Topliss-reactive ketones (excluding diaryl/α,β-unsaturated/α-hetero) is 1. The Labute approximate surface area is 246 Å². The smallest absolute Gasteiger partial charge is 0.295 e. The zero-order valence-electron chi connectivity index (χ0n) is 24.9. The lowest BCUT2D eigenvalue weighted by molar-refractivity contribution is -0.140. The zero-order chi connectivity index (χ0) is 29.8. The maximum atomic E-state index is 13.7. The molecular weight excluding hydrogens is 536 g/mol. The molecule has 1 atom stereocenters. The Hall–Kier alpha value is -3.89. The van der Waals surface area contributed by atoms with Crippen LogP contribution in [0.4, 0.5) is 0 Å². The molecule has 1 amide bonds. The number of carbonyl (C=O) groups excluding carboxylic acids is 2. The Morgan fingerprint density at radius 1 is 1.07 bits per heavy atom. The molecule has 0 radical (unpaired) electrons. The molecular formula is C32H40N4O6. The van der Waals surface area contributed by atoms with E-state index in [9.17, 15) is 14.7 Å². The number of imidazole rings is 1. The average Bonchev–Trinajstić information content (AvgIpc) is 3.47. The topological polar surface area (TPSA) is 106 Å². The summed E-state index contributed by atoms with van der Waals surface area (Å²) < 4.78 is 19.3. The van der Waals surface area contributed by atoms with Gasteiger partial charge in [-0.15, -0.1) is 0 Å². The van der Waals surface area contributed by atoms with Crippen molar-refractivity contribution in [3.63, 3.8) is 0 Å². The van der Waals surface area contributed by atoms with Gasteiger partial charge in [-0.1, -0.05) is 25.5 Å². The summed E-state index contributed by atoms with van der Waals surface area (Å²) in [5, 5.41) is 11.7. The van der Waals surface area contributed by atoms with Gasteiger partial charge in [0.2, 0.25) is 0 Å². The lowest BCUT2D eigenvalue weighted by Gasteiger charge is -2.31. The normalized spacial score (nSPS) is 19.1. The first kappa shape index (κ1) is 29.6. The van der Waals surface area contributed by atoms with Crippen molar-refractivity contribution in [2.75, 3.05) is 52.6 Å². The molecule has 1 unspecified atom stereocenters. The average molecular weight is 577 g/mol. The fourth-order valence-corrected chi connectivity index (χ4v) is 5.61. The highest BCUT2D eigenvalue weighted by Crippen LogP contribution is 2.42.